The normalized spacial score (nSPS) is 21.9. The van der Waals surface area contributed by atoms with E-state index >= 15 is 0 Å². The zero-order chi connectivity index (χ0) is 21.2. The van der Waals surface area contributed by atoms with Crippen LogP contribution in [0.2, 0.25) is 5.02 Å². The fourth-order valence-electron chi connectivity index (χ4n) is 5.22. The molecule has 3 aliphatic rings. The van der Waals surface area contributed by atoms with Crippen molar-refractivity contribution in [3.05, 3.63) is 41.2 Å². The van der Waals surface area contributed by atoms with E-state index in [4.69, 9.17) is 16.3 Å². The Hall–Kier alpha value is -1.89. The molecular formula is C24H32ClN5O. The van der Waals surface area contributed by atoms with Crippen LogP contribution in [0.25, 0.3) is 0 Å². The quantitative estimate of drug-likeness (QED) is 0.701. The molecule has 3 heterocycles. The fourth-order valence-corrected chi connectivity index (χ4v) is 5.31. The van der Waals surface area contributed by atoms with Crippen molar-refractivity contribution in [3.8, 4) is 5.75 Å². The van der Waals surface area contributed by atoms with Gasteiger partial charge in [0.15, 0.2) is 0 Å². The molecule has 2 saturated heterocycles. The van der Waals surface area contributed by atoms with Gasteiger partial charge in [0.25, 0.3) is 0 Å². The molecule has 1 aromatic heterocycles. The van der Waals surface area contributed by atoms with E-state index in [1.54, 1.807) is 19.5 Å². The Balaban J connectivity index is 1.17. The molecule has 3 fully saturated rings. The van der Waals surface area contributed by atoms with Gasteiger partial charge >= 0.3 is 0 Å². The molecule has 0 amide bonds. The van der Waals surface area contributed by atoms with Crippen molar-refractivity contribution in [3.63, 3.8) is 0 Å². The first-order chi connectivity index (χ1) is 15.2. The Morgan fingerprint density at radius 3 is 2.13 bits per heavy atom. The maximum atomic E-state index is 5.88. The molecule has 5 rings (SSSR count). The third-order valence-corrected chi connectivity index (χ3v) is 7.37. The molecular weight excluding hydrogens is 410 g/mol. The lowest BCUT2D eigenvalue weighted by atomic mass is 9.87. The number of aromatic nitrogens is 2. The van der Waals surface area contributed by atoms with Crippen molar-refractivity contribution in [2.45, 2.75) is 56.5 Å². The first kappa shape index (κ1) is 21.0. The summed E-state index contributed by atoms with van der Waals surface area (Å²) >= 11 is 5.88. The van der Waals surface area contributed by atoms with E-state index in [0.29, 0.717) is 16.9 Å². The number of hydrogen-bond acceptors (Lipinski definition) is 6. The van der Waals surface area contributed by atoms with Gasteiger partial charge in [0.05, 0.1) is 30.2 Å². The number of piperidine rings is 2. The van der Waals surface area contributed by atoms with Gasteiger partial charge < -0.3 is 19.9 Å². The molecule has 1 aliphatic carbocycles. The Morgan fingerprint density at radius 2 is 1.52 bits per heavy atom. The number of nitrogens with one attached hydrogen (secondary N) is 1. The maximum absolute atomic E-state index is 5.88. The van der Waals surface area contributed by atoms with Crippen molar-refractivity contribution >= 4 is 23.2 Å². The second kappa shape index (κ2) is 9.31. The minimum atomic E-state index is 0.511. The highest BCUT2D eigenvalue weighted by Crippen LogP contribution is 2.36. The minimum Gasteiger partial charge on any atom is -0.495 e. The number of anilines is 2. The van der Waals surface area contributed by atoms with E-state index in [9.17, 15) is 0 Å². The van der Waals surface area contributed by atoms with Gasteiger partial charge in [-0.2, -0.15) is 0 Å². The molecule has 0 spiro atoms. The molecule has 0 atom stereocenters. The zero-order valence-corrected chi connectivity index (χ0v) is 19.0. The molecule has 1 N–H and O–H groups in total. The van der Waals surface area contributed by atoms with Crippen LogP contribution >= 0.6 is 11.6 Å². The summed E-state index contributed by atoms with van der Waals surface area (Å²) in [6.07, 6.45) is 11.2. The van der Waals surface area contributed by atoms with Crippen LogP contribution in [0, 0.1) is 0 Å². The van der Waals surface area contributed by atoms with Crippen molar-refractivity contribution in [2.24, 2.45) is 0 Å². The van der Waals surface area contributed by atoms with Crippen LogP contribution in [-0.2, 0) is 0 Å². The van der Waals surface area contributed by atoms with E-state index in [-0.39, 0.29) is 0 Å². The Bertz CT molecular complexity index is 872. The summed E-state index contributed by atoms with van der Waals surface area (Å²) in [6.45, 7) is 5.02. The second-order valence-electron chi connectivity index (χ2n) is 9.12. The van der Waals surface area contributed by atoms with Gasteiger partial charge in [-0.3, -0.25) is 0 Å². The summed E-state index contributed by atoms with van der Waals surface area (Å²) in [5.74, 6) is 1.93. The lowest BCUT2D eigenvalue weighted by Gasteiger charge is -2.42. The summed E-state index contributed by atoms with van der Waals surface area (Å²) < 4.78 is 5.66. The molecule has 0 unspecified atom stereocenters. The van der Waals surface area contributed by atoms with Crippen LogP contribution in [0.3, 0.4) is 0 Å². The number of benzene rings is 1. The van der Waals surface area contributed by atoms with E-state index in [0.717, 1.165) is 23.5 Å². The number of hydrogen-bond donors (Lipinski definition) is 1. The van der Waals surface area contributed by atoms with Crippen LogP contribution in [-0.4, -0.2) is 65.1 Å². The fraction of sp³-hybridized carbons (Fsp3) is 0.583. The van der Waals surface area contributed by atoms with E-state index in [1.807, 2.05) is 0 Å². The number of methoxy groups -OCH3 is 1. The van der Waals surface area contributed by atoms with Gasteiger partial charge in [-0.05, 0) is 88.3 Å². The molecule has 31 heavy (non-hydrogen) atoms. The first-order valence-corrected chi connectivity index (χ1v) is 12.0. The van der Waals surface area contributed by atoms with Crippen LogP contribution in [0.4, 0.5) is 11.6 Å². The Kier molecular flexibility index (Phi) is 6.30. The Labute approximate surface area is 190 Å². The summed E-state index contributed by atoms with van der Waals surface area (Å²) in [5.41, 5.74) is 2.23. The van der Waals surface area contributed by atoms with Crippen LogP contribution in [0.1, 0.15) is 50.0 Å². The predicted octanol–water partition coefficient (Wildman–Crippen LogP) is 4.69. The highest BCUT2D eigenvalue weighted by Gasteiger charge is 2.34. The summed E-state index contributed by atoms with van der Waals surface area (Å²) in [7, 11) is 1.71. The van der Waals surface area contributed by atoms with Crippen molar-refractivity contribution < 1.29 is 4.74 Å². The van der Waals surface area contributed by atoms with E-state index in [1.165, 1.54) is 70.3 Å². The maximum Gasteiger partial charge on any atom is 0.227 e. The number of rotatable bonds is 6. The summed E-state index contributed by atoms with van der Waals surface area (Å²) in [5, 5.41) is 3.75. The molecule has 6 nitrogen and oxygen atoms in total. The second-order valence-corrected chi connectivity index (χ2v) is 9.55. The van der Waals surface area contributed by atoms with Gasteiger partial charge in [-0.1, -0.05) is 17.7 Å². The standard InChI is InChI=1S/C24H32ClN5O/c1-31-23-14-18(2-5-22(23)28-24-26-15-19(25)16-27-24)17-6-10-29(11-7-17)21-8-12-30(13-9-21)20-3-4-20/h2,5,14-17,20-21H,3-4,6-13H2,1H3,(H,26,27,28). The lowest BCUT2D eigenvalue weighted by molar-refractivity contribution is 0.0844. The predicted molar refractivity (Wildman–Crippen MR) is 124 cm³/mol. The number of halogens is 1. The number of likely N-dealkylation sites (tertiary alicyclic amines) is 2. The molecule has 0 radical (unpaired) electrons. The first-order valence-electron chi connectivity index (χ1n) is 11.6. The van der Waals surface area contributed by atoms with Crippen molar-refractivity contribution in [1.82, 2.24) is 19.8 Å². The molecule has 0 bridgehead atoms. The van der Waals surface area contributed by atoms with Crippen molar-refractivity contribution in [1.29, 1.82) is 0 Å². The summed E-state index contributed by atoms with van der Waals surface area (Å²) in [4.78, 5) is 13.9. The molecule has 2 aliphatic heterocycles. The summed E-state index contributed by atoms with van der Waals surface area (Å²) in [6, 6.07) is 8.18. The van der Waals surface area contributed by atoms with Gasteiger partial charge in [0.1, 0.15) is 5.75 Å². The molecule has 1 saturated carbocycles. The molecule has 2 aromatic rings. The number of nitrogens with zero attached hydrogens (tertiary/aromatic N) is 4. The highest BCUT2D eigenvalue weighted by atomic mass is 35.5. The average molecular weight is 442 g/mol. The Morgan fingerprint density at radius 1 is 0.903 bits per heavy atom. The monoisotopic (exact) mass is 441 g/mol. The van der Waals surface area contributed by atoms with Crippen LogP contribution in [0.5, 0.6) is 5.75 Å². The third-order valence-electron chi connectivity index (χ3n) is 7.17. The zero-order valence-electron chi connectivity index (χ0n) is 18.3. The SMILES string of the molecule is COc1cc(C2CCN(C3CCN(C4CC4)CC3)CC2)ccc1Nc1ncc(Cl)cn1. The van der Waals surface area contributed by atoms with Gasteiger partial charge in [0, 0.05) is 12.1 Å². The third kappa shape index (κ3) is 4.97. The number of ether oxygens (including phenoxy) is 1. The average Bonchev–Trinajstić information content (AvgIpc) is 3.67. The minimum absolute atomic E-state index is 0.511. The topological polar surface area (TPSA) is 53.5 Å². The molecule has 166 valence electrons. The smallest absolute Gasteiger partial charge is 0.227 e. The van der Waals surface area contributed by atoms with Crippen LogP contribution in [0.15, 0.2) is 30.6 Å². The van der Waals surface area contributed by atoms with Crippen LogP contribution < -0.4 is 10.1 Å². The highest BCUT2D eigenvalue weighted by molar-refractivity contribution is 6.30. The van der Waals surface area contributed by atoms with Gasteiger partial charge in [-0.15, -0.1) is 0 Å². The lowest BCUT2D eigenvalue weighted by Crippen LogP contribution is -2.47. The van der Waals surface area contributed by atoms with Gasteiger partial charge in [0.2, 0.25) is 5.95 Å². The van der Waals surface area contributed by atoms with E-state index < -0.39 is 0 Å². The molecule has 1 aromatic carbocycles. The van der Waals surface area contributed by atoms with Crippen molar-refractivity contribution in [2.75, 3.05) is 38.6 Å². The largest absolute Gasteiger partial charge is 0.495 e. The van der Waals surface area contributed by atoms with Gasteiger partial charge in [-0.25, -0.2) is 9.97 Å². The molecule has 7 heteroatoms. The van der Waals surface area contributed by atoms with E-state index in [2.05, 4.69) is 43.3 Å².